The number of amides is 2. The maximum atomic E-state index is 12.6. The van der Waals surface area contributed by atoms with Gasteiger partial charge in [-0.15, -0.1) is 11.8 Å². The van der Waals surface area contributed by atoms with E-state index in [1.165, 1.54) is 0 Å². The fraction of sp³-hybridized carbons (Fsp3) is 0.467. The highest BCUT2D eigenvalue weighted by molar-refractivity contribution is 7.99. The minimum Gasteiger partial charge on any atom is -0.377 e. The third kappa shape index (κ3) is 3.06. The van der Waals surface area contributed by atoms with Crippen LogP contribution in [0.1, 0.15) is 23.7 Å². The van der Waals surface area contributed by atoms with Crippen molar-refractivity contribution >= 4 is 29.3 Å². The van der Waals surface area contributed by atoms with Gasteiger partial charge in [0.2, 0.25) is 5.91 Å². The minimum atomic E-state index is -0.00269. The highest BCUT2D eigenvalue weighted by Crippen LogP contribution is 2.32. The molecule has 6 heteroatoms. The second kappa shape index (κ2) is 6.07. The molecule has 21 heavy (non-hydrogen) atoms. The molecule has 1 aromatic carbocycles. The van der Waals surface area contributed by atoms with Crippen LogP contribution < -0.4 is 5.32 Å². The average molecular weight is 306 g/mol. The number of benzene rings is 1. The summed E-state index contributed by atoms with van der Waals surface area (Å²) in [7, 11) is 0. The number of carbonyl (C=O) groups is 2. The molecule has 5 nitrogen and oxygen atoms in total. The molecule has 1 aromatic rings. The van der Waals surface area contributed by atoms with Gasteiger partial charge in [-0.1, -0.05) is 0 Å². The number of carbonyl (C=O) groups excluding carboxylic acids is 2. The molecule has 2 aliphatic heterocycles. The van der Waals surface area contributed by atoms with Crippen molar-refractivity contribution in [2.45, 2.75) is 24.3 Å². The summed E-state index contributed by atoms with van der Waals surface area (Å²) in [6, 6.07) is 5.63. The van der Waals surface area contributed by atoms with Gasteiger partial charge in [-0.05, 0) is 25.1 Å². The van der Waals surface area contributed by atoms with Crippen LogP contribution in [0.4, 0.5) is 5.69 Å². The largest absolute Gasteiger partial charge is 0.377 e. The molecular formula is C15H18N2O3S. The Morgan fingerprint density at radius 1 is 1.48 bits per heavy atom. The first-order chi connectivity index (χ1) is 10.1. The number of ether oxygens (including phenoxy) is 1. The molecule has 3 rings (SSSR count). The van der Waals surface area contributed by atoms with Crippen molar-refractivity contribution < 1.29 is 14.3 Å². The zero-order chi connectivity index (χ0) is 14.8. The molecule has 1 atom stereocenters. The second-order valence-electron chi connectivity index (χ2n) is 5.28. The molecule has 0 aromatic heterocycles. The predicted octanol–water partition coefficient (Wildman–Crippen LogP) is 1.98. The summed E-state index contributed by atoms with van der Waals surface area (Å²) in [5, 5.41) is 2.88. The van der Waals surface area contributed by atoms with E-state index >= 15 is 0 Å². The SMILES string of the molecule is CC1COCCN1C(=O)c1ccc2c(c1)NC(=O)CCS2. The summed E-state index contributed by atoms with van der Waals surface area (Å²) >= 11 is 1.64. The lowest BCUT2D eigenvalue weighted by Gasteiger charge is -2.33. The molecule has 2 amide bonds. The highest BCUT2D eigenvalue weighted by Gasteiger charge is 2.25. The number of nitrogens with one attached hydrogen (secondary N) is 1. The summed E-state index contributed by atoms with van der Waals surface area (Å²) in [5.74, 6) is 0.773. The van der Waals surface area contributed by atoms with E-state index in [1.807, 2.05) is 24.0 Å². The van der Waals surface area contributed by atoms with Crippen LogP contribution in [0.5, 0.6) is 0 Å². The molecule has 1 unspecified atom stereocenters. The number of nitrogens with zero attached hydrogens (tertiary/aromatic N) is 1. The van der Waals surface area contributed by atoms with Crippen molar-refractivity contribution in [1.29, 1.82) is 0 Å². The van der Waals surface area contributed by atoms with Crippen LogP contribution in [-0.4, -0.2) is 48.3 Å². The Balaban J connectivity index is 1.85. The van der Waals surface area contributed by atoms with Gasteiger partial charge < -0.3 is 15.0 Å². The molecule has 0 radical (unpaired) electrons. The van der Waals surface area contributed by atoms with Gasteiger partial charge in [0.25, 0.3) is 5.91 Å². The number of rotatable bonds is 1. The fourth-order valence-electron chi connectivity index (χ4n) is 2.55. The number of hydrogen-bond acceptors (Lipinski definition) is 4. The molecule has 0 spiro atoms. The number of anilines is 1. The van der Waals surface area contributed by atoms with Crippen LogP contribution in [-0.2, 0) is 9.53 Å². The van der Waals surface area contributed by atoms with Crippen LogP contribution in [0.15, 0.2) is 23.1 Å². The zero-order valence-corrected chi connectivity index (χ0v) is 12.7. The zero-order valence-electron chi connectivity index (χ0n) is 11.9. The molecule has 0 bridgehead atoms. The van der Waals surface area contributed by atoms with Crippen LogP contribution in [0.2, 0.25) is 0 Å². The third-order valence-corrected chi connectivity index (χ3v) is 4.79. The van der Waals surface area contributed by atoms with Gasteiger partial charge in [0.15, 0.2) is 0 Å². The quantitative estimate of drug-likeness (QED) is 0.862. The Labute approximate surface area is 128 Å². The van der Waals surface area contributed by atoms with Crippen molar-refractivity contribution in [3.63, 3.8) is 0 Å². The Kier molecular flexibility index (Phi) is 4.17. The van der Waals surface area contributed by atoms with Crippen molar-refractivity contribution in [3.8, 4) is 0 Å². The molecule has 2 heterocycles. The van der Waals surface area contributed by atoms with E-state index in [2.05, 4.69) is 5.32 Å². The van der Waals surface area contributed by atoms with E-state index in [9.17, 15) is 9.59 Å². The Bertz CT molecular complexity index is 576. The standard InChI is InChI=1S/C15H18N2O3S/c1-10-9-20-6-5-17(10)15(19)11-2-3-13-12(8-11)16-14(18)4-7-21-13/h2-3,8,10H,4-7,9H2,1H3,(H,16,18). The molecule has 112 valence electrons. The maximum Gasteiger partial charge on any atom is 0.254 e. The first-order valence-corrected chi connectivity index (χ1v) is 8.09. The van der Waals surface area contributed by atoms with Crippen molar-refractivity contribution in [2.75, 3.05) is 30.8 Å². The lowest BCUT2D eigenvalue weighted by atomic mass is 10.1. The summed E-state index contributed by atoms with van der Waals surface area (Å²) in [5.41, 5.74) is 1.36. The average Bonchev–Trinajstić information content (AvgIpc) is 2.66. The highest BCUT2D eigenvalue weighted by atomic mass is 32.2. The van der Waals surface area contributed by atoms with Gasteiger partial charge in [-0.2, -0.15) is 0 Å². The summed E-state index contributed by atoms with van der Waals surface area (Å²) in [6.45, 7) is 3.74. The van der Waals surface area contributed by atoms with Gasteiger partial charge in [0.05, 0.1) is 24.9 Å². The van der Waals surface area contributed by atoms with Crippen LogP contribution in [0, 0.1) is 0 Å². The molecule has 1 N–H and O–H groups in total. The summed E-state index contributed by atoms with van der Waals surface area (Å²) in [4.78, 5) is 27.1. The van der Waals surface area contributed by atoms with Gasteiger partial charge in [0.1, 0.15) is 0 Å². The monoisotopic (exact) mass is 306 g/mol. The lowest BCUT2D eigenvalue weighted by molar-refractivity contribution is -0.115. The van der Waals surface area contributed by atoms with Crippen molar-refractivity contribution in [2.24, 2.45) is 0 Å². The van der Waals surface area contributed by atoms with Gasteiger partial charge >= 0.3 is 0 Å². The van der Waals surface area contributed by atoms with Gasteiger partial charge in [-0.3, -0.25) is 9.59 Å². The molecule has 1 fully saturated rings. The smallest absolute Gasteiger partial charge is 0.254 e. The molecule has 1 saturated heterocycles. The molecule has 2 aliphatic rings. The molecule has 0 saturated carbocycles. The van der Waals surface area contributed by atoms with Crippen molar-refractivity contribution in [1.82, 2.24) is 4.90 Å². The van der Waals surface area contributed by atoms with E-state index in [0.29, 0.717) is 31.7 Å². The van der Waals surface area contributed by atoms with Gasteiger partial charge in [0, 0.05) is 29.2 Å². The number of thioether (sulfide) groups is 1. The van der Waals surface area contributed by atoms with Crippen LogP contribution >= 0.6 is 11.8 Å². The topological polar surface area (TPSA) is 58.6 Å². The minimum absolute atomic E-state index is 0.00269. The number of hydrogen-bond donors (Lipinski definition) is 1. The summed E-state index contributed by atoms with van der Waals surface area (Å²) in [6.07, 6.45) is 0.503. The van der Waals surface area contributed by atoms with Crippen molar-refractivity contribution in [3.05, 3.63) is 23.8 Å². The van der Waals surface area contributed by atoms with E-state index < -0.39 is 0 Å². The normalized spacial score (nSPS) is 22.2. The van der Waals surface area contributed by atoms with Crippen LogP contribution in [0.3, 0.4) is 0 Å². The first kappa shape index (κ1) is 14.4. The first-order valence-electron chi connectivity index (χ1n) is 7.10. The van der Waals surface area contributed by atoms with E-state index in [1.54, 1.807) is 17.8 Å². The number of morpholine rings is 1. The van der Waals surface area contributed by atoms with Gasteiger partial charge in [-0.25, -0.2) is 0 Å². The molecular weight excluding hydrogens is 288 g/mol. The van der Waals surface area contributed by atoms with E-state index in [0.717, 1.165) is 16.3 Å². The fourth-order valence-corrected chi connectivity index (χ4v) is 3.48. The Morgan fingerprint density at radius 2 is 2.33 bits per heavy atom. The Morgan fingerprint density at radius 3 is 3.14 bits per heavy atom. The van der Waals surface area contributed by atoms with Crippen LogP contribution in [0.25, 0.3) is 0 Å². The summed E-state index contributed by atoms with van der Waals surface area (Å²) < 4.78 is 5.36. The van der Waals surface area contributed by atoms with E-state index in [4.69, 9.17) is 4.74 Å². The Hall–Kier alpha value is -1.53. The van der Waals surface area contributed by atoms with E-state index in [-0.39, 0.29) is 17.9 Å². The predicted molar refractivity (Wildman–Crippen MR) is 81.7 cm³/mol. The third-order valence-electron chi connectivity index (χ3n) is 3.72. The lowest BCUT2D eigenvalue weighted by Crippen LogP contribution is -2.47. The maximum absolute atomic E-state index is 12.6. The number of fused-ring (bicyclic) bond motifs is 1. The molecule has 0 aliphatic carbocycles. The second-order valence-corrected chi connectivity index (χ2v) is 6.42.